The molecule has 0 amide bonds. The quantitative estimate of drug-likeness (QED) is 0.874. The van der Waals surface area contributed by atoms with E-state index in [-0.39, 0.29) is 5.41 Å². The van der Waals surface area contributed by atoms with Gasteiger partial charge in [0.15, 0.2) is 0 Å². The molecule has 0 aliphatic rings. The highest BCUT2D eigenvalue weighted by Gasteiger charge is 2.27. The highest BCUT2D eigenvalue weighted by molar-refractivity contribution is 5.74. The van der Waals surface area contributed by atoms with Crippen molar-refractivity contribution in [1.82, 2.24) is 9.55 Å². The van der Waals surface area contributed by atoms with E-state index in [4.69, 9.17) is 10.7 Å². The van der Waals surface area contributed by atoms with Crippen molar-refractivity contribution in [3.8, 4) is 11.3 Å². The Kier molecular flexibility index (Phi) is 3.87. The van der Waals surface area contributed by atoms with Gasteiger partial charge in [-0.2, -0.15) is 0 Å². The molecule has 0 fully saturated rings. The number of rotatable bonds is 2. The van der Waals surface area contributed by atoms with Gasteiger partial charge in [-0.25, -0.2) is 4.98 Å². The van der Waals surface area contributed by atoms with Crippen LogP contribution in [0.15, 0.2) is 18.2 Å². The number of nitrogen functional groups attached to an aromatic ring is 1. The molecule has 3 nitrogen and oxygen atoms in total. The van der Waals surface area contributed by atoms with Crippen molar-refractivity contribution in [2.75, 3.05) is 5.73 Å². The molecule has 3 heteroatoms. The molecule has 1 aromatic carbocycles. The number of anilines is 1. The third kappa shape index (κ3) is 2.69. The molecule has 0 aliphatic heterocycles. The second-order valence-electron chi connectivity index (χ2n) is 7.13. The number of benzene rings is 1. The summed E-state index contributed by atoms with van der Waals surface area (Å²) in [5.41, 5.74) is 11.0. The first kappa shape index (κ1) is 15.6. The van der Waals surface area contributed by atoms with E-state index in [0.29, 0.717) is 6.04 Å². The van der Waals surface area contributed by atoms with Crippen LogP contribution < -0.4 is 5.73 Å². The summed E-state index contributed by atoms with van der Waals surface area (Å²) < 4.78 is 2.16. The maximum atomic E-state index is 6.45. The van der Waals surface area contributed by atoms with Crippen LogP contribution in [0.3, 0.4) is 0 Å². The molecule has 0 bridgehead atoms. The fourth-order valence-electron chi connectivity index (χ4n) is 2.70. The SMILES string of the molecule is Cc1cccc(-c2nc(C(C)(C)C)n(C(C)C)c2N)c1C. The molecule has 0 saturated heterocycles. The van der Waals surface area contributed by atoms with Crippen molar-refractivity contribution in [3.05, 3.63) is 35.2 Å². The summed E-state index contributed by atoms with van der Waals surface area (Å²) in [6.07, 6.45) is 0. The van der Waals surface area contributed by atoms with Gasteiger partial charge in [0.1, 0.15) is 17.3 Å². The van der Waals surface area contributed by atoms with Crippen LogP contribution >= 0.6 is 0 Å². The molecule has 114 valence electrons. The summed E-state index contributed by atoms with van der Waals surface area (Å²) in [4.78, 5) is 4.91. The molecule has 0 aliphatic carbocycles. The molecular weight excluding hydrogens is 258 g/mol. The molecule has 1 aromatic heterocycles. The minimum absolute atomic E-state index is 0.0334. The Balaban J connectivity index is 2.75. The summed E-state index contributed by atoms with van der Waals surface area (Å²) in [5, 5.41) is 0. The molecule has 0 unspecified atom stereocenters. The molecule has 2 aromatic rings. The van der Waals surface area contributed by atoms with Crippen LogP contribution in [0.2, 0.25) is 0 Å². The summed E-state index contributed by atoms with van der Waals surface area (Å²) in [6.45, 7) is 15.1. The Morgan fingerprint density at radius 1 is 1.14 bits per heavy atom. The van der Waals surface area contributed by atoms with E-state index >= 15 is 0 Å². The number of nitrogens with zero attached hydrogens (tertiary/aromatic N) is 2. The lowest BCUT2D eigenvalue weighted by Crippen LogP contribution is -2.21. The van der Waals surface area contributed by atoms with E-state index in [0.717, 1.165) is 22.9 Å². The molecule has 1 heterocycles. The van der Waals surface area contributed by atoms with E-state index in [1.165, 1.54) is 11.1 Å². The molecule has 0 atom stereocenters. The highest BCUT2D eigenvalue weighted by atomic mass is 15.2. The van der Waals surface area contributed by atoms with Gasteiger partial charge in [-0.05, 0) is 38.8 Å². The number of imidazole rings is 1. The van der Waals surface area contributed by atoms with Crippen LogP contribution in [0, 0.1) is 13.8 Å². The Hall–Kier alpha value is -1.77. The standard InChI is InChI=1S/C18H27N3/c1-11(2)21-16(19)15(20-17(21)18(5,6)7)14-10-8-9-12(3)13(14)4/h8-11H,19H2,1-7H3. The van der Waals surface area contributed by atoms with Gasteiger partial charge < -0.3 is 10.3 Å². The maximum Gasteiger partial charge on any atom is 0.132 e. The van der Waals surface area contributed by atoms with Crippen LogP contribution in [0.4, 0.5) is 5.82 Å². The molecule has 2 N–H and O–H groups in total. The Morgan fingerprint density at radius 3 is 2.24 bits per heavy atom. The fraction of sp³-hybridized carbons (Fsp3) is 0.500. The predicted molar refractivity (Wildman–Crippen MR) is 90.6 cm³/mol. The van der Waals surface area contributed by atoms with Crippen molar-refractivity contribution < 1.29 is 0 Å². The van der Waals surface area contributed by atoms with Gasteiger partial charge in [0.2, 0.25) is 0 Å². The number of hydrogen-bond acceptors (Lipinski definition) is 2. The van der Waals surface area contributed by atoms with Gasteiger partial charge in [0, 0.05) is 17.0 Å². The largest absolute Gasteiger partial charge is 0.383 e. The van der Waals surface area contributed by atoms with Crippen LogP contribution in [-0.2, 0) is 5.41 Å². The number of aryl methyl sites for hydroxylation is 1. The van der Waals surface area contributed by atoms with Gasteiger partial charge in [0.25, 0.3) is 0 Å². The first-order chi connectivity index (χ1) is 9.64. The molecule has 0 saturated carbocycles. The zero-order chi connectivity index (χ0) is 15.9. The maximum absolute atomic E-state index is 6.45. The van der Waals surface area contributed by atoms with E-state index < -0.39 is 0 Å². The lowest BCUT2D eigenvalue weighted by atomic mass is 9.95. The van der Waals surface area contributed by atoms with Gasteiger partial charge in [-0.3, -0.25) is 0 Å². The summed E-state index contributed by atoms with van der Waals surface area (Å²) in [6, 6.07) is 6.60. The minimum atomic E-state index is -0.0334. The smallest absolute Gasteiger partial charge is 0.132 e. The zero-order valence-electron chi connectivity index (χ0n) is 14.3. The van der Waals surface area contributed by atoms with Crippen molar-refractivity contribution in [3.63, 3.8) is 0 Å². The molecule has 21 heavy (non-hydrogen) atoms. The summed E-state index contributed by atoms with van der Waals surface area (Å²) in [7, 11) is 0. The van der Waals surface area contributed by atoms with E-state index in [1.807, 2.05) is 0 Å². The summed E-state index contributed by atoms with van der Waals surface area (Å²) >= 11 is 0. The van der Waals surface area contributed by atoms with Crippen LogP contribution in [0.25, 0.3) is 11.3 Å². The minimum Gasteiger partial charge on any atom is -0.383 e. The fourth-order valence-corrected chi connectivity index (χ4v) is 2.70. The Bertz CT molecular complexity index is 658. The Labute approximate surface area is 128 Å². The van der Waals surface area contributed by atoms with Crippen molar-refractivity contribution in [2.24, 2.45) is 0 Å². The van der Waals surface area contributed by atoms with Gasteiger partial charge in [0.05, 0.1) is 0 Å². The second-order valence-corrected chi connectivity index (χ2v) is 7.13. The van der Waals surface area contributed by atoms with E-state index in [1.54, 1.807) is 0 Å². The highest BCUT2D eigenvalue weighted by Crippen LogP contribution is 2.36. The topological polar surface area (TPSA) is 43.8 Å². The molecule has 0 radical (unpaired) electrons. The van der Waals surface area contributed by atoms with Crippen LogP contribution in [-0.4, -0.2) is 9.55 Å². The lowest BCUT2D eigenvalue weighted by molar-refractivity contribution is 0.473. The van der Waals surface area contributed by atoms with E-state index in [2.05, 4.69) is 71.2 Å². The Morgan fingerprint density at radius 2 is 1.76 bits per heavy atom. The molecular formula is C18H27N3. The third-order valence-electron chi connectivity index (χ3n) is 4.00. The lowest BCUT2D eigenvalue weighted by Gasteiger charge is -2.22. The van der Waals surface area contributed by atoms with E-state index in [9.17, 15) is 0 Å². The van der Waals surface area contributed by atoms with Crippen molar-refractivity contribution in [2.45, 2.75) is 59.9 Å². The first-order valence-electron chi connectivity index (χ1n) is 7.59. The van der Waals surface area contributed by atoms with Crippen LogP contribution in [0.5, 0.6) is 0 Å². The molecule has 2 rings (SSSR count). The average molecular weight is 285 g/mol. The zero-order valence-corrected chi connectivity index (χ0v) is 14.3. The normalized spacial score (nSPS) is 12.2. The van der Waals surface area contributed by atoms with Crippen molar-refractivity contribution in [1.29, 1.82) is 0 Å². The first-order valence-corrected chi connectivity index (χ1v) is 7.59. The van der Waals surface area contributed by atoms with Gasteiger partial charge in [-0.15, -0.1) is 0 Å². The van der Waals surface area contributed by atoms with Gasteiger partial charge in [-0.1, -0.05) is 39.0 Å². The predicted octanol–water partition coefficient (Wildman–Crippen LogP) is 4.63. The third-order valence-corrected chi connectivity index (χ3v) is 4.00. The monoisotopic (exact) mass is 285 g/mol. The molecule has 0 spiro atoms. The number of aromatic nitrogens is 2. The number of nitrogens with two attached hydrogens (primary N) is 1. The van der Waals surface area contributed by atoms with Crippen LogP contribution in [0.1, 0.15) is 57.6 Å². The average Bonchev–Trinajstić information content (AvgIpc) is 2.70. The second kappa shape index (κ2) is 5.21. The summed E-state index contributed by atoms with van der Waals surface area (Å²) in [5.74, 6) is 1.81. The van der Waals surface area contributed by atoms with Gasteiger partial charge >= 0.3 is 0 Å². The number of hydrogen-bond donors (Lipinski definition) is 1. The van der Waals surface area contributed by atoms with Crippen molar-refractivity contribution >= 4 is 5.82 Å².